The molecule has 0 saturated carbocycles. The minimum absolute atomic E-state index is 0.169. The molecule has 21 heavy (non-hydrogen) atoms. The zero-order valence-electron chi connectivity index (χ0n) is 12.5. The summed E-state index contributed by atoms with van der Waals surface area (Å²) in [6.45, 7) is 7.57. The van der Waals surface area contributed by atoms with Crippen LogP contribution in [0.4, 0.5) is 0 Å². The Bertz CT molecular complexity index is 677. The Morgan fingerprint density at radius 1 is 1.29 bits per heavy atom. The molecule has 2 aliphatic heterocycles. The van der Waals surface area contributed by atoms with Crippen molar-refractivity contribution >= 4 is 16.0 Å². The fourth-order valence-electron chi connectivity index (χ4n) is 2.97. The Labute approximate surface area is 125 Å². The van der Waals surface area contributed by atoms with Crippen LogP contribution in [-0.4, -0.2) is 38.5 Å². The molecule has 0 radical (unpaired) electrons. The molecular formula is C15H20N2O3S. The van der Waals surface area contributed by atoms with Gasteiger partial charge in [0.05, 0.1) is 10.9 Å². The van der Waals surface area contributed by atoms with Gasteiger partial charge < -0.3 is 9.64 Å². The molecule has 5 nitrogen and oxygen atoms in total. The van der Waals surface area contributed by atoms with E-state index in [0.717, 1.165) is 18.5 Å². The first-order valence-electron chi connectivity index (χ1n) is 7.08. The van der Waals surface area contributed by atoms with Crippen LogP contribution in [0.3, 0.4) is 0 Å². The molecule has 2 heterocycles. The zero-order chi connectivity index (χ0) is 15.3. The Balaban J connectivity index is 1.89. The molecule has 114 valence electrons. The van der Waals surface area contributed by atoms with Crippen molar-refractivity contribution in [3.8, 4) is 0 Å². The van der Waals surface area contributed by atoms with Crippen LogP contribution >= 0.6 is 0 Å². The number of rotatable bonds is 2. The molecule has 3 rings (SSSR count). The van der Waals surface area contributed by atoms with E-state index >= 15 is 0 Å². The third-order valence-electron chi connectivity index (χ3n) is 3.99. The van der Waals surface area contributed by atoms with Crippen LogP contribution in [0.5, 0.6) is 0 Å². The maximum atomic E-state index is 12.4. The molecule has 0 amide bonds. The predicted molar refractivity (Wildman–Crippen MR) is 80.6 cm³/mol. The first-order chi connectivity index (χ1) is 9.77. The zero-order valence-corrected chi connectivity index (χ0v) is 13.4. The molecule has 1 aromatic carbocycles. The lowest BCUT2D eigenvalue weighted by Gasteiger charge is -2.18. The lowest BCUT2D eigenvalue weighted by atomic mass is 9.91. The van der Waals surface area contributed by atoms with Crippen molar-refractivity contribution in [2.75, 3.05) is 13.2 Å². The number of sulfonamides is 1. The predicted octanol–water partition coefficient (Wildman–Crippen LogP) is 2.17. The van der Waals surface area contributed by atoms with Gasteiger partial charge in [0.25, 0.3) is 10.0 Å². The number of aryl methyl sites for hydroxylation is 1. The van der Waals surface area contributed by atoms with Crippen molar-refractivity contribution in [1.82, 2.24) is 4.90 Å². The van der Waals surface area contributed by atoms with Gasteiger partial charge in [0.1, 0.15) is 6.61 Å². The number of amidine groups is 1. The van der Waals surface area contributed by atoms with Crippen molar-refractivity contribution in [2.45, 2.75) is 38.1 Å². The molecule has 0 aromatic heterocycles. The average molecular weight is 308 g/mol. The van der Waals surface area contributed by atoms with E-state index in [0.29, 0.717) is 6.61 Å². The Kier molecular flexibility index (Phi) is 3.24. The monoisotopic (exact) mass is 308 g/mol. The van der Waals surface area contributed by atoms with Crippen LogP contribution in [-0.2, 0) is 14.8 Å². The summed E-state index contributed by atoms with van der Waals surface area (Å²) in [4.78, 5) is 2.18. The highest BCUT2D eigenvalue weighted by atomic mass is 32.2. The van der Waals surface area contributed by atoms with Crippen molar-refractivity contribution in [3.63, 3.8) is 0 Å². The highest BCUT2D eigenvalue weighted by Gasteiger charge is 2.44. The molecule has 1 unspecified atom stereocenters. The fourth-order valence-corrected chi connectivity index (χ4v) is 3.92. The SMILES string of the molecule is Cc1ccc(S(=O)(=O)/N=C2/OCC3CC(C)(C)CN23)cc1. The molecule has 6 heteroatoms. The summed E-state index contributed by atoms with van der Waals surface area (Å²) in [5.74, 6) is 0. The van der Waals surface area contributed by atoms with Crippen molar-refractivity contribution in [2.24, 2.45) is 9.81 Å². The molecule has 0 aliphatic carbocycles. The molecular weight excluding hydrogens is 288 g/mol. The highest BCUT2D eigenvalue weighted by molar-refractivity contribution is 7.90. The van der Waals surface area contributed by atoms with E-state index in [9.17, 15) is 8.42 Å². The molecule has 1 aromatic rings. The molecule has 0 bridgehead atoms. The van der Waals surface area contributed by atoms with E-state index in [1.165, 1.54) is 0 Å². The first kappa shape index (κ1) is 14.4. The number of hydrogen-bond acceptors (Lipinski definition) is 3. The van der Waals surface area contributed by atoms with E-state index in [1.54, 1.807) is 24.3 Å². The van der Waals surface area contributed by atoms with Gasteiger partial charge in [0.2, 0.25) is 0 Å². The Morgan fingerprint density at radius 3 is 2.62 bits per heavy atom. The van der Waals surface area contributed by atoms with Crippen LogP contribution in [0.25, 0.3) is 0 Å². The quantitative estimate of drug-likeness (QED) is 0.840. The Hall–Kier alpha value is -1.56. The van der Waals surface area contributed by atoms with Crippen molar-refractivity contribution in [1.29, 1.82) is 0 Å². The summed E-state index contributed by atoms with van der Waals surface area (Å²) in [5, 5.41) is 0. The van der Waals surface area contributed by atoms with Gasteiger partial charge in [-0.05, 0) is 30.9 Å². The van der Waals surface area contributed by atoms with Crippen LogP contribution in [0.15, 0.2) is 33.6 Å². The van der Waals surface area contributed by atoms with E-state index in [2.05, 4.69) is 18.2 Å². The lowest BCUT2D eigenvalue weighted by molar-refractivity contribution is 0.293. The summed E-state index contributed by atoms with van der Waals surface area (Å²) in [6, 6.07) is 7.18. The van der Waals surface area contributed by atoms with E-state index in [1.807, 2.05) is 11.8 Å². The fraction of sp³-hybridized carbons (Fsp3) is 0.533. The van der Waals surface area contributed by atoms with Gasteiger partial charge in [-0.2, -0.15) is 8.42 Å². The molecule has 1 atom stereocenters. The lowest BCUT2D eigenvalue weighted by Crippen LogP contribution is -2.30. The molecule has 2 aliphatic rings. The molecule has 2 fully saturated rings. The van der Waals surface area contributed by atoms with Crippen LogP contribution < -0.4 is 0 Å². The maximum absolute atomic E-state index is 12.4. The number of ether oxygens (including phenoxy) is 1. The summed E-state index contributed by atoms with van der Waals surface area (Å²) in [6.07, 6.45) is 0.997. The Morgan fingerprint density at radius 2 is 1.95 bits per heavy atom. The van der Waals surface area contributed by atoms with E-state index in [-0.39, 0.29) is 22.4 Å². The van der Waals surface area contributed by atoms with Gasteiger partial charge in [-0.25, -0.2) is 0 Å². The largest absolute Gasteiger partial charge is 0.462 e. The van der Waals surface area contributed by atoms with Gasteiger partial charge in [-0.15, -0.1) is 4.40 Å². The van der Waals surface area contributed by atoms with Crippen LogP contribution in [0.1, 0.15) is 25.8 Å². The number of nitrogens with zero attached hydrogens (tertiary/aromatic N) is 2. The van der Waals surface area contributed by atoms with E-state index < -0.39 is 10.0 Å². The minimum atomic E-state index is -3.72. The molecule has 0 N–H and O–H groups in total. The summed E-state index contributed by atoms with van der Waals surface area (Å²) < 4.78 is 34.1. The topological polar surface area (TPSA) is 59.0 Å². The molecule has 2 saturated heterocycles. The standard InChI is InChI=1S/C15H20N2O3S/c1-11-4-6-13(7-5-11)21(18,19)16-14-17-10-15(2,3)8-12(17)9-20-14/h4-7,12H,8-10H2,1-3H3/b16-14+. The number of fused-ring (bicyclic) bond motifs is 1. The second-order valence-electron chi connectivity index (χ2n) is 6.62. The van der Waals surface area contributed by atoms with Crippen molar-refractivity contribution < 1.29 is 13.2 Å². The van der Waals surface area contributed by atoms with Gasteiger partial charge in [-0.3, -0.25) is 0 Å². The van der Waals surface area contributed by atoms with Gasteiger partial charge in [0.15, 0.2) is 0 Å². The van der Waals surface area contributed by atoms with Gasteiger partial charge >= 0.3 is 6.02 Å². The average Bonchev–Trinajstić information content (AvgIpc) is 2.86. The summed E-state index contributed by atoms with van der Waals surface area (Å²) >= 11 is 0. The van der Waals surface area contributed by atoms with Crippen LogP contribution in [0.2, 0.25) is 0 Å². The third-order valence-corrected chi connectivity index (χ3v) is 5.26. The minimum Gasteiger partial charge on any atom is -0.462 e. The van der Waals surface area contributed by atoms with Crippen LogP contribution in [0, 0.1) is 12.3 Å². The van der Waals surface area contributed by atoms with E-state index in [4.69, 9.17) is 4.74 Å². The maximum Gasteiger partial charge on any atom is 0.303 e. The number of hydrogen-bond donors (Lipinski definition) is 0. The second-order valence-corrected chi connectivity index (χ2v) is 8.23. The summed E-state index contributed by atoms with van der Waals surface area (Å²) in [7, 11) is -3.72. The summed E-state index contributed by atoms with van der Waals surface area (Å²) in [5.41, 5.74) is 1.18. The van der Waals surface area contributed by atoms with Gasteiger partial charge in [0, 0.05) is 6.54 Å². The molecule has 0 spiro atoms. The second kappa shape index (κ2) is 4.73. The number of benzene rings is 1. The van der Waals surface area contributed by atoms with Crippen molar-refractivity contribution in [3.05, 3.63) is 29.8 Å². The normalized spacial score (nSPS) is 26.0. The van der Waals surface area contributed by atoms with Gasteiger partial charge in [-0.1, -0.05) is 31.5 Å². The smallest absolute Gasteiger partial charge is 0.303 e. The third kappa shape index (κ3) is 2.77. The highest BCUT2D eigenvalue weighted by Crippen LogP contribution is 2.37. The first-order valence-corrected chi connectivity index (χ1v) is 8.52.